The number of allylic oxidation sites excluding steroid dienone is 4. The quantitative estimate of drug-likeness (QED) is 0.206. The van der Waals surface area contributed by atoms with Crippen molar-refractivity contribution in [3.8, 4) is 0 Å². The Labute approximate surface area is 214 Å². The van der Waals surface area contributed by atoms with Crippen molar-refractivity contribution in [2.45, 2.75) is 23.1 Å². The van der Waals surface area contributed by atoms with Crippen LogP contribution in [0.3, 0.4) is 0 Å². The smallest absolute Gasteiger partial charge is 0.0366 e. The minimum absolute atomic E-state index is 0.249. The normalized spacial score (nSPS) is 21.2. The monoisotopic (exact) mass is 512 g/mol. The van der Waals surface area contributed by atoms with E-state index in [1.165, 1.54) is 49.4 Å². The molecule has 7 rings (SSSR count). The fourth-order valence-electron chi connectivity index (χ4n) is 6.18. The topological polar surface area (TPSA) is 0 Å². The number of benzene rings is 5. The lowest BCUT2D eigenvalue weighted by molar-refractivity contribution is 0.749. The van der Waals surface area contributed by atoms with Crippen LogP contribution in [-0.2, 0) is 0 Å². The molecule has 35 heavy (non-hydrogen) atoms. The molecule has 1 heteroatoms. The van der Waals surface area contributed by atoms with E-state index >= 15 is 0 Å². The van der Waals surface area contributed by atoms with Crippen LogP contribution in [0.4, 0.5) is 0 Å². The van der Waals surface area contributed by atoms with Gasteiger partial charge in [-0.2, -0.15) is 0 Å². The lowest BCUT2D eigenvalue weighted by Crippen LogP contribution is -2.23. The van der Waals surface area contributed by atoms with E-state index in [-0.39, 0.29) is 11.8 Å². The summed E-state index contributed by atoms with van der Waals surface area (Å²) in [6, 6.07) is 40.5. The summed E-state index contributed by atoms with van der Waals surface area (Å²) in [6.07, 6.45) is 5.75. The lowest BCUT2D eigenvalue weighted by atomic mass is 9.66. The summed E-state index contributed by atoms with van der Waals surface area (Å²) in [4.78, 5) is 0.367. The maximum Gasteiger partial charge on any atom is 0.0366 e. The van der Waals surface area contributed by atoms with Crippen molar-refractivity contribution in [3.63, 3.8) is 0 Å². The molecule has 2 aliphatic carbocycles. The number of rotatable bonds is 2. The molecule has 3 unspecified atom stereocenters. The molecule has 0 aliphatic heterocycles. The van der Waals surface area contributed by atoms with Gasteiger partial charge in [0.05, 0.1) is 0 Å². The molecular formula is C34H25Br. The maximum absolute atomic E-state index is 3.92. The van der Waals surface area contributed by atoms with Crippen LogP contribution >= 0.6 is 15.9 Å². The first-order valence-corrected chi connectivity index (χ1v) is 13.3. The molecule has 0 nitrogen and oxygen atoms in total. The van der Waals surface area contributed by atoms with E-state index in [2.05, 4.69) is 137 Å². The summed E-state index contributed by atoms with van der Waals surface area (Å²) in [7, 11) is 0. The molecule has 5 aromatic rings. The van der Waals surface area contributed by atoms with Gasteiger partial charge in [-0.25, -0.2) is 0 Å². The van der Waals surface area contributed by atoms with Crippen molar-refractivity contribution in [1.82, 2.24) is 0 Å². The second-order valence-corrected chi connectivity index (χ2v) is 10.9. The molecule has 3 atom stereocenters. The first-order valence-electron chi connectivity index (χ1n) is 12.4. The van der Waals surface area contributed by atoms with E-state index in [4.69, 9.17) is 0 Å². The molecule has 0 aromatic heterocycles. The second kappa shape index (κ2) is 8.36. The zero-order valence-corrected chi connectivity index (χ0v) is 21.0. The second-order valence-electron chi connectivity index (χ2n) is 9.77. The van der Waals surface area contributed by atoms with Gasteiger partial charge in [-0.05, 0) is 55.8 Å². The van der Waals surface area contributed by atoms with Crippen LogP contribution in [-0.4, -0.2) is 4.83 Å². The summed E-state index contributed by atoms with van der Waals surface area (Å²) >= 11 is 3.92. The first-order chi connectivity index (χ1) is 17.3. The summed E-state index contributed by atoms with van der Waals surface area (Å²) < 4.78 is 0. The molecule has 0 spiro atoms. The average molecular weight is 513 g/mol. The van der Waals surface area contributed by atoms with Crippen LogP contribution in [0.5, 0.6) is 0 Å². The fraction of sp³-hybridized carbons (Fsp3) is 0.118. The average Bonchev–Trinajstić information content (AvgIpc) is 2.91. The van der Waals surface area contributed by atoms with E-state index in [0.717, 1.165) is 6.42 Å². The Morgan fingerprint density at radius 2 is 1.06 bits per heavy atom. The highest BCUT2D eigenvalue weighted by Crippen LogP contribution is 2.52. The zero-order valence-electron chi connectivity index (χ0n) is 19.4. The molecule has 0 fully saturated rings. The molecule has 0 saturated heterocycles. The molecule has 0 bridgehead atoms. The molecule has 0 heterocycles. The maximum atomic E-state index is 3.92. The van der Waals surface area contributed by atoms with Gasteiger partial charge in [-0.1, -0.05) is 143 Å². The third kappa shape index (κ3) is 3.49. The van der Waals surface area contributed by atoms with Gasteiger partial charge in [0.15, 0.2) is 0 Å². The Kier molecular flexibility index (Phi) is 4.99. The van der Waals surface area contributed by atoms with E-state index in [1.807, 2.05) is 0 Å². The van der Waals surface area contributed by atoms with Gasteiger partial charge in [0.1, 0.15) is 0 Å². The van der Waals surface area contributed by atoms with Crippen LogP contribution in [0.1, 0.15) is 40.5 Å². The molecule has 5 aromatic carbocycles. The SMILES string of the molecule is BrC1C=CC2=C(C1)C(c1ccc3ccccc3c1)c1ccccc1C2c1ccc2ccccc2c1. The Bertz CT molecular complexity index is 1650. The summed E-state index contributed by atoms with van der Waals surface area (Å²) in [5.41, 5.74) is 8.63. The Morgan fingerprint density at radius 1 is 0.543 bits per heavy atom. The number of alkyl halides is 1. The summed E-state index contributed by atoms with van der Waals surface area (Å²) in [5.74, 6) is 0.520. The van der Waals surface area contributed by atoms with E-state index in [1.54, 1.807) is 5.57 Å². The third-order valence-corrected chi connectivity index (χ3v) is 8.39. The number of halogens is 1. The first kappa shape index (κ1) is 20.9. The zero-order chi connectivity index (χ0) is 23.4. The van der Waals surface area contributed by atoms with Crippen LogP contribution in [0.2, 0.25) is 0 Å². The van der Waals surface area contributed by atoms with Crippen molar-refractivity contribution in [2.75, 3.05) is 0 Å². The molecule has 168 valence electrons. The molecule has 0 saturated carbocycles. The van der Waals surface area contributed by atoms with Crippen molar-refractivity contribution < 1.29 is 0 Å². The lowest BCUT2D eigenvalue weighted by Gasteiger charge is -2.38. The number of hydrogen-bond donors (Lipinski definition) is 0. The summed E-state index contributed by atoms with van der Waals surface area (Å²) in [5, 5.41) is 5.20. The molecular weight excluding hydrogens is 488 g/mol. The van der Waals surface area contributed by atoms with Crippen LogP contribution in [0, 0.1) is 0 Å². The largest absolute Gasteiger partial charge is 0.0842 e. The van der Waals surface area contributed by atoms with Gasteiger partial charge in [-0.3, -0.25) is 0 Å². The third-order valence-electron chi connectivity index (χ3n) is 7.76. The van der Waals surface area contributed by atoms with E-state index < -0.39 is 0 Å². The van der Waals surface area contributed by atoms with Crippen molar-refractivity contribution in [1.29, 1.82) is 0 Å². The van der Waals surface area contributed by atoms with Gasteiger partial charge in [0.2, 0.25) is 0 Å². The predicted molar refractivity (Wildman–Crippen MR) is 152 cm³/mol. The van der Waals surface area contributed by atoms with Gasteiger partial charge >= 0.3 is 0 Å². The Balaban J connectivity index is 1.47. The van der Waals surface area contributed by atoms with Gasteiger partial charge in [0, 0.05) is 16.7 Å². The molecule has 0 amide bonds. The van der Waals surface area contributed by atoms with Crippen LogP contribution < -0.4 is 0 Å². The highest BCUT2D eigenvalue weighted by Gasteiger charge is 2.36. The fourth-order valence-corrected chi connectivity index (χ4v) is 6.69. The van der Waals surface area contributed by atoms with E-state index in [9.17, 15) is 0 Å². The Morgan fingerprint density at radius 3 is 1.69 bits per heavy atom. The summed E-state index contributed by atoms with van der Waals surface area (Å²) in [6.45, 7) is 0. The molecule has 0 N–H and O–H groups in total. The van der Waals surface area contributed by atoms with Crippen LogP contribution in [0.15, 0.2) is 132 Å². The predicted octanol–water partition coefficient (Wildman–Crippen LogP) is 9.29. The Hall–Kier alpha value is -3.42. The van der Waals surface area contributed by atoms with Crippen molar-refractivity contribution in [2.24, 2.45) is 0 Å². The highest BCUT2D eigenvalue weighted by molar-refractivity contribution is 9.09. The standard InChI is InChI=1S/C34H25Br/c35-28-17-18-31-32(21-28)34(27-16-14-23-8-2-4-10-25(23)20-27)30-12-6-5-11-29(30)33(31)26-15-13-22-7-1-3-9-24(22)19-26/h1-20,28,33-34H,21H2. The van der Waals surface area contributed by atoms with Gasteiger partial charge in [0.25, 0.3) is 0 Å². The minimum Gasteiger partial charge on any atom is -0.0842 e. The molecule has 0 radical (unpaired) electrons. The van der Waals surface area contributed by atoms with Crippen molar-refractivity contribution >= 4 is 37.5 Å². The van der Waals surface area contributed by atoms with Gasteiger partial charge in [-0.15, -0.1) is 0 Å². The molecule has 2 aliphatic rings. The van der Waals surface area contributed by atoms with E-state index in [0.29, 0.717) is 4.83 Å². The number of hydrogen-bond acceptors (Lipinski definition) is 0. The van der Waals surface area contributed by atoms with Gasteiger partial charge < -0.3 is 0 Å². The minimum atomic E-state index is 0.249. The highest BCUT2D eigenvalue weighted by atomic mass is 79.9. The number of fused-ring (bicyclic) bond motifs is 3. The van der Waals surface area contributed by atoms with Crippen molar-refractivity contribution in [3.05, 3.63) is 155 Å². The van der Waals surface area contributed by atoms with Crippen LogP contribution in [0.25, 0.3) is 21.5 Å².